The molecule has 2 rings (SSSR count). The molecule has 0 amide bonds. The molecule has 0 saturated heterocycles. The van der Waals surface area contributed by atoms with Crippen LogP contribution in [-0.2, 0) is 4.74 Å². The van der Waals surface area contributed by atoms with E-state index in [2.05, 4.69) is 17.2 Å². The Hall–Kier alpha value is -1.09. The predicted molar refractivity (Wildman–Crippen MR) is 72.4 cm³/mol. The molecular formula is C14H24N2O. The Morgan fingerprint density at radius 1 is 1.47 bits per heavy atom. The second kappa shape index (κ2) is 8.07. The van der Waals surface area contributed by atoms with E-state index < -0.39 is 0 Å². The zero-order chi connectivity index (χ0) is 12.5. The molecule has 1 fully saturated rings. The molecule has 0 unspecified atom stereocenters. The van der Waals surface area contributed by atoms with Gasteiger partial charge in [0.2, 0.25) is 0 Å². The van der Waals surface area contributed by atoms with Crippen molar-refractivity contribution in [2.45, 2.75) is 45.6 Å². The number of ether oxygens (including phenoxy) is 1. The third-order valence-electron chi connectivity index (χ3n) is 2.78. The smallest absolute Gasteiger partial charge is 0.125 e. The first kappa shape index (κ1) is 14.0. The van der Waals surface area contributed by atoms with Crippen molar-refractivity contribution in [1.29, 1.82) is 0 Å². The molecule has 3 nitrogen and oxygen atoms in total. The minimum absolute atomic E-state index is 0.634. The minimum atomic E-state index is 0.634. The molecule has 0 aromatic carbocycles. The van der Waals surface area contributed by atoms with Gasteiger partial charge >= 0.3 is 0 Å². The van der Waals surface area contributed by atoms with Crippen molar-refractivity contribution in [2.24, 2.45) is 0 Å². The Morgan fingerprint density at radius 3 is 2.65 bits per heavy atom. The van der Waals surface area contributed by atoms with Gasteiger partial charge in [0.25, 0.3) is 0 Å². The van der Waals surface area contributed by atoms with E-state index in [1.165, 1.54) is 24.8 Å². The summed E-state index contributed by atoms with van der Waals surface area (Å²) in [5.41, 5.74) is 1.23. The van der Waals surface area contributed by atoms with Crippen LogP contribution in [0, 0.1) is 6.92 Å². The first-order valence-corrected chi connectivity index (χ1v) is 6.48. The minimum Gasteiger partial charge on any atom is -0.378 e. The van der Waals surface area contributed by atoms with Gasteiger partial charge in [-0.2, -0.15) is 0 Å². The van der Waals surface area contributed by atoms with E-state index in [-0.39, 0.29) is 0 Å². The van der Waals surface area contributed by atoms with Crippen molar-refractivity contribution in [1.82, 2.24) is 4.98 Å². The van der Waals surface area contributed by atoms with Crippen LogP contribution in [0.2, 0.25) is 0 Å². The first-order chi connectivity index (χ1) is 8.26. The predicted octanol–water partition coefficient (Wildman–Crippen LogP) is 3.40. The number of aryl methyl sites for hydroxylation is 1. The van der Waals surface area contributed by atoms with Gasteiger partial charge in [-0.25, -0.2) is 4.98 Å². The number of pyridine rings is 1. The van der Waals surface area contributed by atoms with Gasteiger partial charge in [0.15, 0.2) is 0 Å². The average Bonchev–Trinajstić information content (AvgIpc) is 2.28. The summed E-state index contributed by atoms with van der Waals surface area (Å²) in [5.74, 6) is 0.926. The highest BCUT2D eigenvalue weighted by atomic mass is 16.5. The first-order valence-electron chi connectivity index (χ1n) is 6.48. The van der Waals surface area contributed by atoms with Crippen LogP contribution >= 0.6 is 0 Å². The van der Waals surface area contributed by atoms with Crippen LogP contribution in [0.15, 0.2) is 18.3 Å². The normalized spacial score (nSPS) is 14.5. The maximum absolute atomic E-state index is 5.43. The molecule has 0 radical (unpaired) electrons. The van der Waals surface area contributed by atoms with E-state index >= 15 is 0 Å². The Morgan fingerprint density at radius 2 is 2.24 bits per heavy atom. The fraction of sp³-hybridized carbons (Fsp3) is 0.643. The van der Waals surface area contributed by atoms with Crippen LogP contribution in [0.1, 0.15) is 38.2 Å². The summed E-state index contributed by atoms with van der Waals surface area (Å²) in [5, 5.41) is 2.96. The van der Waals surface area contributed by atoms with E-state index in [1.54, 1.807) is 6.20 Å². The summed E-state index contributed by atoms with van der Waals surface area (Å²) in [4.78, 5) is 4.05. The summed E-state index contributed by atoms with van der Waals surface area (Å²) >= 11 is 0. The summed E-state index contributed by atoms with van der Waals surface area (Å²) in [7, 11) is 1.86. The van der Waals surface area contributed by atoms with Gasteiger partial charge in [-0.15, -0.1) is 0 Å². The van der Waals surface area contributed by atoms with Crippen molar-refractivity contribution < 1.29 is 4.74 Å². The molecule has 1 saturated carbocycles. The maximum atomic E-state index is 5.43. The van der Waals surface area contributed by atoms with Crippen LogP contribution in [-0.4, -0.2) is 24.7 Å². The van der Waals surface area contributed by atoms with E-state index in [1.807, 2.05) is 26.1 Å². The Labute approximate surface area is 105 Å². The van der Waals surface area contributed by atoms with Gasteiger partial charge in [-0.05, 0) is 50.3 Å². The lowest BCUT2D eigenvalue weighted by Gasteiger charge is -2.25. The van der Waals surface area contributed by atoms with Crippen LogP contribution in [0.25, 0.3) is 0 Å². The molecule has 1 aromatic heterocycles. The van der Waals surface area contributed by atoms with Crippen LogP contribution in [0.5, 0.6) is 0 Å². The second-order valence-corrected chi connectivity index (χ2v) is 4.39. The number of nitrogens with one attached hydrogen (secondary N) is 1. The molecule has 1 aliphatic carbocycles. The summed E-state index contributed by atoms with van der Waals surface area (Å²) in [6.45, 7) is 5.16. The number of nitrogens with zero attached hydrogens (tertiary/aromatic N) is 1. The number of hydrogen-bond acceptors (Lipinski definition) is 3. The zero-order valence-corrected chi connectivity index (χ0v) is 11.2. The molecule has 0 spiro atoms. The van der Waals surface area contributed by atoms with Crippen molar-refractivity contribution in [2.75, 3.05) is 19.0 Å². The largest absolute Gasteiger partial charge is 0.378 e. The highest BCUT2D eigenvalue weighted by Crippen LogP contribution is 2.21. The van der Waals surface area contributed by atoms with E-state index in [0.717, 1.165) is 18.8 Å². The Kier molecular flexibility index (Phi) is 6.63. The molecule has 0 atom stereocenters. The second-order valence-electron chi connectivity index (χ2n) is 4.39. The molecule has 1 N–H and O–H groups in total. The van der Waals surface area contributed by atoms with Gasteiger partial charge in [0.05, 0.1) is 6.10 Å². The van der Waals surface area contributed by atoms with Crippen molar-refractivity contribution in [3.05, 3.63) is 23.9 Å². The fourth-order valence-electron chi connectivity index (χ4n) is 1.49. The molecule has 1 heterocycles. The van der Waals surface area contributed by atoms with Gasteiger partial charge in [-0.3, -0.25) is 0 Å². The van der Waals surface area contributed by atoms with E-state index in [9.17, 15) is 0 Å². The van der Waals surface area contributed by atoms with Gasteiger partial charge in [-0.1, -0.05) is 6.92 Å². The molecule has 17 heavy (non-hydrogen) atoms. The lowest BCUT2D eigenvalue weighted by molar-refractivity contribution is 0.00286. The highest BCUT2D eigenvalue weighted by Gasteiger charge is 2.16. The SMILES string of the molecule is CCCOC1CCC1.CNc1cc(C)ccn1. The molecule has 3 heteroatoms. The Bertz CT molecular complexity index is 311. The molecule has 0 aliphatic heterocycles. The average molecular weight is 236 g/mol. The van der Waals surface area contributed by atoms with E-state index in [0.29, 0.717) is 6.10 Å². The summed E-state index contributed by atoms with van der Waals surface area (Å²) < 4.78 is 5.43. The number of rotatable bonds is 4. The van der Waals surface area contributed by atoms with Gasteiger partial charge < -0.3 is 10.1 Å². The number of hydrogen-bond donors (Lipinski definition) is 1. The monoisotopic (exact) mass is 236 g/mol. The Balaban J connectivity index is 0.000000171. The van der Waals surface area contributed by atoms with Crippen LogP contribution < -0.4 is 5.32 Å². The summed E-state index contributed by atoms with van der Waals surface area (Å²) in [6, 6.07) is 3.97. The fourth-order valence-corrected chi connectivity index (χ4v) is 1.49. The maximum Gasteiger partial charge on any atom is 0.125 e. The molecule has 0 bridgehead atoms. The van der Waals surface area contributed by atoms with Crippen LogP contribution in [0.3, 0.4) is 0 Å². The van der Waals surface area contributed by atoms with Crippen molar-refractivity contribution in [3.63, 3.8) is 0 Å². The van der Waals surface area contributed by atoms with Gasteiger partial charge in [0, 0.05) is 19.9 Å². The zero-order valence-electron chi connectivity index (χ0n) is 11.2. The quantitative estimate of drug-likeness (QED) is 0.870. The topological polar surface area (TPSA) is 34.1 Å². The number of anilines is 1. The van der Waals surface area contributed by atoms with Crippen LogP contribution in [0.4, 0.5) is 5.82 Å². The summed E-state index contributed by atoms with van der Waals surface area (Å²) in [6.07, 6.45) is 7.58. The molecule has 1 aliphatic rings. The standard InChI is InChI=1S/C7H10N2.C7H14O/c1-6-3-4-9-7(5-6)8-2;1-2-6-8-7-4-3-5-7/h3-5H,1-2H3,(H,8,9);7H,2-6H2,1H3. The molecule has 96 valence electrons. The molecule has 1 aromatic rings. The lowest BCUT2D eigenvalue weighted by Crippen LogP contribution is -2.21. The van der Waals surface area contributed by atoms with Gasteiger partial charge in [0.1, 0.15) is 5.82 Å². The van der Waals surface area contributed by atoms with E-state index in [4.69, 9.17) is 4.74 Å². The third kappa shape index (κ3) is 5.68. The lowest BCUT2D eigenvalue weighted by atomic mass is 9.96. The number of aromatic nitrogens is 1. The third-order valence-corrected chi connectivity index (χ3v) is 2.78. The highest BCUT2D eigenvalue weighted by molar-refractivity contribution is 5.35. The van der Waals surface area contributed by atoms with Crippen molar-refractivity contribution in [3.8, 4) is 0 Å². The van der Waals surface area contributed by atoms with Crippen molar-refractivity contribution >= 4 is 5.82 Å². The molecular weight excluding hydrogens is 212 g/mol.